The van der Waals surface area contributed by atoms with E-state index in [9.17, 15) is 24.6 Å². The summed E-state index contributed by atoms with van der Waals surface area (Å²) in [5, 5.41) is 33.9. The first-order chi connectivity index (χ1) is 16.3. The third-order valence-electron chi connectivity index (χ3n) is 4.91. The number of aliphatic hydroxyl groups is 1. The summed E-state index contributed by atoms with van der Waals surface area (Å²) in [6.45, 7) is 1.49. The average Bonchev–Trinajstić information content (AvgIpc) is 2.81. The molecule has 176 valence electrons. The van der Waals surface area contributed by atoms with Crippen LogP contribution in [0.25, 0.3) is 0 Å². The molecule has 0 unspecified atom stereocenters. The van der Waals surface area contributed by atoms with Gasteiger partial charge in [-0.3, -0.25) is 14.4 Å². The van der Waals surface area contributed by atoms with Crippen molar-refractivity contribution in [3.63, 3.8) is 0 Å². The van der Waals surface area contributed by atoms with Crippen molar-refractivity contribution in [2.75, 3.05) is 23.4 Å². The highest BCUT2D eigenvalue weighted by Gasteiger charge is 2.22. The van der Waals surface area contributed by atoms with Crippen LogP contribution in [0.15, 0.2) is 66.7 Å². The number of hydrogen-bond acceptors (Lipinski definition) is 6. The fourth-order valence-corrected chi connectivity index (χ4v) is 3.27. The van der Waals surface area contributed by atoms with Gasteiger partial charge in [-0.05, 0) is 54.1 Å². The van der Waals surface area contributed by atoms with Crippen LogP contribution in [0.1, 0.15) is 33.2 Å². The molecule has 3 rings (SSSR count). The minimum atomic E-state index is -0.513. The summed E-state index contributed by atoms with van der Waals surface area (Å²) in [6, 6.07) is 17.0. The van der Waals surface area contributed by atoms with Gasteiger partial charge in [0.05, 0.1) is 18.7 Å². The Kier molecular flexibility index (Phi) is 7.83. The van der Waals surface area contributed by atoms with Crippen LogP contribution in [0.3, 0.4) is 0 Å². The molecule has 0 aliphatic heterocycles. The predicted molar refractivity (Wildman–Crippen MR) is 127 cm³/mol. The van der Waals surface area contributed by atoms with Crippen LogP contribution in [0, 0.1) is 0 Å². The first-order valence-electron chi connectivity index (χ1n) is 10.5. The van der Waals surface area contributed by atoms with E-state index in [1.807, 2.05) is 0 Å². The number of carbonyl (C=O) groups excluding carboxylic acids is 3. The highest BCUT2D eigenvalue weighted by molar-refractivity contribution is 6.08. The molecule has 0 saturated carbocycles. The van der Waals surface area contributed by atoms with Crippen molar-refractivity contribution in [3.8, 4) is 11.5 Å². The Hall–Kier alpha value is -4.37. The van der Waals surface area contributed by atoms with Gasteiger partial charge in [-0.15, -0.1) is 0 Å². The molecule has 3 amide bonds. The maximum Gasteiger partial charge on any atom is 0.262 e. The van der Waals surface area contributed by atoms with Gasteiger partial charge in [-0.1, -0.05) is 12.1 Å². The van der Waals surface area contributed by atoms with Crippen LogP contribution in [0.2, 0.25) is 0 Å². The van der Waals surface area contributed by atoms with Gasteiger partial charge in [-0.2, -0.15) is 0 Å². The molecule has 3 aromatic carbocycles. The van der Waals surface area contributed by atoms with E-state index in [0.29, 0.717) is 16.9 Å². The number of phenols is 2. The zero-order valence-electron chi connectivity index (χ0n) is 18.5. The standard InChI is InChI=1S/C25H25N3O6/c1-16(30)27-19-6-2-17(3-7-19)15-28(25(34)22-11-10-21(31)14-23(22)32)20-8-4-18(5-9-20)24(33)26-12-13-29/h2-11,14,29,31-32H,12-13,15H2,1H3,(H,26,33)(H,27,30). The molecule has 0 aromatic heterocycles. The summed E-state index contributed by atoms with van der Waals surface area (Å²) < 4.78 is 0. The highest BCUT2D eigenvalue weighted by atomic mass is 16.3. The number of benzene rings is 3. The van der Waals surface area contributed by atoms with Crippen molar-refractivity contribution in [3.05, 3.63) is 83.4 Å². The quantitative estimate of drug-likeness (QED) is 0.348. The van der Waals surface area contributed by atoms with Gasteiger partial charge in [0.15, 0.2) is 0 Å². The molecule has 9 heteroatoms. The molecule has 0 spiro atoms. The molecule has 0 fully saturated rings. The van der Waals surface area contributed by atoms with Crippen molar-refractivity contribution < 1.29 is 29.7 Å². The molecule has 0 aliphatic rings. The number of phenolic OH excluding ortho intramolecular Hbond substituents is 2. The summed E-state index contributed by atoms with van der Waals surface area (Å²) >= 11 is 0. The minimum absolute atomic E-state index is 0.00238. The highest BCUT2D eigenvalue weighted by Crippen LogP contribution is 2.28. The Labute approximate surface area is 196 Å². The number of nitrogens with zero attached hydrogens (tertiary/aromatic N) is 1. The summed E-state index contributed by atoms with van der Waals surface area (Å²) in [5.41, 5.74) is 2.20. The molecular weight excluding hydrogens is 438 g/mol. The summed E-state index contributed by atoms with van der Waals surface area (Å²) in [7, 11) is 0. The zero-order valence-corrected chi connectivity index (χ0v) is 18.5. The summed E-state index contributed by atoms with van der Waals surface area (Å²) in [6.07, 6.45) is 0. The molecule has 0 atom stereocenters. The normalized spacial score (nSPS) is 10.4. The number of hydrogen-bond donors (Lipinski definition) is 5. The number of rotatable bonds is 8. The second-order valence-electron chi connectivity index (χ2n) is 7.50. The van der Waals surface area contributed by atoms with E-state index in [1.165, 1.54) is 24.0 Å². The van der Waals surface area contributed by atoms with Crippen molar-refractivity contribution in [2.45, 2.75) is 13.5 Å². The number of nitrogens with one attached hydrogen (secondary N) is 2. The SMILES string of the molecule is CC(=O)Nc1ccc(CN(C(=O)c2ccc(O)cc2O)c2ccc(C(=O)NCCO)cc2)cc1. The largest absolute Gasteiger partial charge is 0.508 e. The van der Waals surface area contributed by atoms with E-state index in [4.69, 9.17) is 5.11 Å². The summed E-state index contributed by atoms with van der Waals surface area (Å²) in [5.74, 6) is -1.61. The smallest absolute Gasteiger partial charge is 0.262 e. The third-order valence-corrected chi connectivity index (χ3v) is 4.91. The van der Waals surface area contributed by atoms with Crippen molar-refractivity contribution >= 4 is 29.1 Å². The van der Waals surface area contributed by atoms with Crippen LogP contribution in [0.4, 0.5) is 11.4 Å². The van der Waals surface area contributed by atoms with E-state index in [2.05, 4.69) is 10.6 Å². The molecule has 0 saturated heterocycles. The fourth-order valence-electron chi connectivity index (χ4n) is 3.27. The van der Waals surface area contributed by atoms with Gasteiger partial charge in [-0.25, -0.2) is 0 Å². The molecule has 0 aliphatic carbocycles. The monoisotopic (exact) mass is 463 g/mol. The molecule has 0 radical (unpaired) electrons. The molecule has 9 nitrogen and oxygen atoms in total. The Bertz CT molecular complexity index is 1180. The maximum absolute atomic E-state index is 13.4. The maximum atomic E-state index is 13.4. The molecular formula is C25H25N3O6. The lowest BCUT2D eigenvalue weighted by molar-refractivity contribution is -0.114. The number of amides is 3. The van der Waals surface area contributed by atoms with E-state index in [1.54, 1.807) is 48.5 Å². The second kappa shape index (κ2) is 11.0. The van der Waals surface area contributed by atoms with Gasteiger partial charge in [0.1, 0.15) is 11.5 Å². The lowest BCUT2D eigenvalue weighted by Gasteiger charge is -2.24. The number of aliphatic hydroxyl groups excluding tert-OH is 1. The van der Waals surface area contributed by atoms with Crippen LogP contribution in [0.5, 0.6) is 11.5 Å². The molecule has 3 aromatic rings. The van der Waals surface area contributed by atoms with Crippen molar-refractivity contribution in [1.82, 2.24) is 5.32 Å². The second-order valence-corrected chi connectivity index (χ2v) is 7.50. The average molecular weight is 463 g/mol. The van der Waals surface area contributed by atoms with E-state index in [-0.39, 0.29) is 48.6 Å². The lowest BCUT2D eigenvalue weighted by Crippen LogP contribution is -2.31. The lowest BCUT2D eigenvalue weighted by atomic mass is 10.1. The Morgan fingerprint density at radius 2 is 1.59 bits per heavy atom. The summed E-state index contributed by atoms with van der Waals surface area (Å²) in [4.78, 5) is 38.2. The fraction of sp³-hybridized carbons (Fsp3) is 0.160. The predicted octanol–water partition coefficient (Wildman–Crippen LogP) is 2.63. The minimum Gasteiger partial charge on any atom is -0.508 e. The zero-order chi connectivity index (χ0) is 24.7. The third kappa shape index (κ3) is 6.11. The van der Waals surface area contributed by atoms with E-state index in [0.717, 1.165) is 11.6 Å². The van der Waals surface area contributed by atoms with Crippen molar-refractivity contribution in [1.29, 1.82) is 0 Å². The molecule has 0 heterocycles. The van der Waals surface area contributed by atoms with Crippen LogP contribution in [-0.2, 0) is 11.3 Å². The van der Waals surface area contributed by atoms with Crippen LogP contribution in [-0.4, -0.2) is 46.2 Å². The van der Waals surface area contributed by atoms with E-state index >= 15 is 0 Å². The Morgan fingerprint density at radius 3 is 2.18 bits per heavy atom. The van der Waals surface area contributed by atoms with Gasteiger partial charge >= 0.3 is 0 Å². The van der Waals surface area contributed by atoms with Crippen LogP contribution < -0.4 is 15.5 Å². The topological polar surface area (TPSA) is 139 Å². The Balaban J connectivity index is 1.92. The van der Waals surface area contributed by atoms with Crippen molar-refractivity contribution in [2.24, 2.45) is 0 Å². The van der Waals surface area contributed by atoms with Gasteiger partial charge < -0.3 is 30.9 Å². The molecule has 0 bridgehead atoms. The number of anilines is 2. The molecule has 5 N–H and O–H groups in total. The first-order valence-corrected chi connectivity index (χ1v) is 10.5. The molecule has 34 heavy (non-hydrogen) atoms. The number of aromatic hydroxyl groups is 2. The van der Waals surface area contributed by atoms with Gasteiger partial charge in [0.25, 0.3) is 11.8 Å². The number of carbonyl (C=O) groups is 3. The van der Waals surface area contributed by atoms with Gasteiger partial charge in [0.2, 0.25) is 5.91 Å². The van der Waals surface area contributed by atoms with Crippen LogP contribution >= 0.6 is 0 Å². The van der Waals surface area contributed by atoms with Gasteiger partial charge in [0, 0.05) is 36.5 Å². The van der Waals surface area contributed by atoms with E-state index < -0.39 is 5.91 Å². The first kappa shape index (κ1) is 24.3. The Morgan fingerprint density at radius 1 is 0.912 bits per heavy atom.